The van der Waals surface area contributed by atoms with Crippen LogP contribution in [0.15, 0.2) is 63.5 Å². The highest BCUT2D eigenvalue weighted by Crippen LogP contribution is 2.42. The van der Waals surface area contributed by atoms with E-state index in [1.807, 2.05) is 0 Å². The van der Waals surface area contributed by atoms with E-state index in [4.69, 9.17) is 9.47 Å². The number of ether oxygens (including phenoxy) is 2. The summed E-state index contributed by atoms with van der Waals surface area (Å²) >= 11 is 6.76. The van der Waals surface area contributed by atoms with Crippen molar-refractivity contribution in [1.29, 1.82) is 0 Å². The third-order valence-electron chi connectivity index (χ3n) is 4.96. The fourth-order valence-corrected chi connectivity index (χ4v) is 4.65. The van der Waals surface area contributed by atoms with Crippen LogP contribution in [0.25, 0.3) is 0 Å². The minimum atomic E-state index is -1.58. The van der Waals surface area contributed by atoms with Crippen LogP contribution in [0, 0.1) is 0 Å². The Morgan fingerprint density at radius 1 is 1.09 bits per heavy atom. The monoisotopic (exact) mass is 623 g/mol. The Balaban J connectivity index is 1.79. The Morgan fingerprint density at radius 3 is 2.40 bits per heavy atom. The molecule has 0 heterocycles. The number of benzene rings is 3. The summed E-state index contributed by atoms with van der Waals surface area (Å²) in [4.78, 5) is 24.4. The van der Waals surface area contributed by atoms with Crippen LogP contribution in [0.4, 0.5) is 0 Å². The summed E-state index contributed by atoms with van der Waals surface area (Å²) in [6, 6.07) is 14.0. The molecule has 3 rings (SSSR count). The van der Waals surface area contributed by atoms with Crippen molar-refractivity contribution in [2.45, 2.75) is 18.8 Å². The molecule has 0 aliphatic rings. The number of nitrogens with one attached hydrogen (secondary N) is 1. The average molecular weight is 625 g/mol. The lowest BCUT2D eigenvalue weighted by atomic mass is 10.1. The average Bonchev–Trinajstić information content (AvgIpc) is 2.85. The number of phenolic OH excluding ortho intramolecular Hbond substituents is 1. The largest absolute Gasteiger partial charge is 0.507 e. The number of hydrogen-bond donors (Lipinski definition) is 3. The topological polar surface area (TPSA) is 122 Å². The smallest absolute Gasteiger partial charge is 0.337 e. The van der Waals surface area contributed by atoms with E-state index in [9.17, 15) is 24.4 Å². The molecule has 0 spiro atoms. The number of aromatic hydroxyl groups is 1. The van der Waals surface area contributed by atoms with Crippen molar-refractivity contribution in [1.82, 2.24) is 5.32 Å². The quantitative estimate of drug-likeness (QED) is 0.211. The molecule has 1 amide bonds. The van der Waals surface area contributed by atoms with E-state index < -0.39 is 25.7 Å². The first-order valence-corrected chi connectivity index (χ1v) is 12.5. The summed E-state index contributed by atoms with van der Waals surface area (Å²) in [5.74, 6) is -0.651. The Hall–Kier alpha value is -2.78. The van der Waals surface area contributed by atoms with Crippen molar-refractivity contribution in [3.05, 3.63) is 85.8 Å². The van der Waals surface area contributed by atoms with Crippen LogP contribution in [-0.2, 0) is 21.2 Å². The molecule has 3 aromatic carbocycles. The molecule has 0 fully saturated rings. The molecule has 0 bridgehead atoms. The zero-order valence-electron chi connectivity index (χ0n) is 18.5. The van der Waals surface area contributed by atoms with Crippen molar-refractivity contribution >= 4 is 52.2 Å². The number of amides is 1. The van der Waals surface area contributed by atoms with Crippen LogP contribution in [0.5, 0.6) is 17.2 Å². The summed E-state index contributed by atoms with van der Waals surface area (Å²) in [5.41, 5.74) is 1.41. The first kappa shape index (κ1) is 26.8. The van der Waals surface area contributed by atoms with E-state index in [2.05, 4.69) is 37.2 Å². The van der Waals surface area contributed by atoms with Gasteiger partial charge in [0, 0.05) is 6.54 Å². The second-order valence-electron chi connectivity index (χ2n) is 7.54. The van der Waals surface area contributed by atoms with Gasteiger partial charge >= 0.3 is 5.97 Å². The summed E-state index contributed by atoms with van der Waals surface area (Å²) in [6.07, 6.45) is 0. The van der Waals surface area contributed by atoms with E-state index >= 15 is 0 Å². The van der Waals surface area contributed by atoms with Crippen molar-refractivity contribution in [3.8, 4) is 17.2 Å². The molecule has 8 nitrogen and oxygen atoms in total. The summed E-state index contributed by atoms with van der Waals surface area (Å²) < 4.78 is 22.8. The molecule has 182 valence electrons. The first-order chi connectivity index (χ1) is 16.6. The molecule has 0 saturated heterocycles. The molecule has 3 N–H and O–H groups in total. The highest BCUT2D eigenvalue weighted by molar-refractivity contribution is 9.11. The molecular weight excluding hydrogens is 605 g/mol. The number of halogens is 2. The van der Waals surface area contributed by atoms with Gasteiger partial charge in [-0.3, -0.25) is 9.36 Å². The van der Waals surface area contributed by atoms with Gasteiger partial charge in [-0.2, -0.15) is 0 Å². The molecule has 35 heavy (non-hydrogen) atoms. The van der Waals surface area contributed by atoms with Gasteiger partial charge in [-0.15, -0.1) is 0 Å². The van der Waals surface area contributed by atoms with Gasteiger partial charge in [0.25, 0.3) is 5.91 Å². The first-order valence-electron chi connectivity index (χ1n) is 10.1. The van der Waals surface area contributed by atoms with Gasteiger partial charge in [-0.1, -0.05) is 12.1 Å². The van der Waals surface area contributed by atoms with E-state index in [0.29, 0.717) is 31.4 Å². The lowest BCUT2D eigenvalue weighted by Gasteiger charge is -2.18. The van der Waals surface area contributed by atoms with E-state index in [1.54, 1.807) is 36.4 Å². The summed E-state index contributed by atoms with van der Waals surface area (Å²) in [7, 11) is 0.829. The van der Waals surface area contributed by atoms with Gasteiger partial charge in [0.05, 0.1) is 27.2 Å². The Kier molecular flexibility index (Phi) is 8.66. The maximum Gasteiger partial charge on any atom is 0.337 e. The number of rotatable bonds is 8. The number of phenols is 1. The van der Waals surface area contributed by atoms with E-state index in [-0.39, 0.29) is 23.6 Å². The molecule has 1 unspecified atom stereocenters. The van der Waals surface area contributed by atoms with Crippen molar-refractivity contribution in [3.63, 3.8) is 0 Å². The molecule has 0 aliphatic heterocycles. The SMILES string of the molecule is COC(=O)c1cccc(CNC(=O)c2cc(Oc3c(Br)cc(C(C)(O)P=O)cc3Br)ccc2O)c1. The highest BCUT2D eigenvalue weighted by Gasteiger charge is 2.26. The molecule has 0 aromatic heterocycles. The van der Waals surface area contributed by atoms with Gasteiger partial charge in [0.2, 0.25) is 0 Å². The number of carbonyl (C=O) groups excluding carboxylic acids is 2. The second kappa shape index (κ2) is 11.3. The lowest BCUT2D eigenvalue weighted by molar-refractivity contribution is 0.0600. The van der Waals surface area contributed by atoms with Gasteiger partial charge in [-0.25, -0.2) is 4.79 Å². The summed E-state index contributed by atoms with van der Waals surface area (Å²) in [6.45, 7) is 1.53. The van der Waals surface area contributed by atoms with Gasteiger partial charge in [-0.05, 0) is 92.4 Å². The molecular formula is C24H20Br2NO7P. The molecule has 11 heteroatoms. The van der Waals surface area contributed by atoms with Crippen molar-refractivity contribution in [2.24, 2.45) is 0 Å². The number of aliphatic hydroxyl groups is 1. The van der Waals surface area contributed by atoms with E-state index in [0.717, 1.165) is 0 Å². The van der Waals surface area contributed by atoms with Crippen LogP contribution in [0.1, 0.15) is 38.8 Å². The van der Waals surface area contributed by atoms with Crippen LogP contribution in [0.2, 0.25) is 0 Å². The zero-order valence-corrected chi connectivity index (χ0v) is 22.6. The minimum absolute atomic E-state index is 0.0106. The normalized spacial score (nSPS) is 12.6. The Labute approximate surface area is 219 Å². The van der Waals surface area contributed by atoms with Gasteiger partial charge in [0.1, 0.15) is 11.5 Å². The number of methoxy groups -OCH3 is 1. The van der Waals surface area contributed by atoms with Crippen LogP contribution in [-0.4, -0.2) is 29.2 Å². The number of hydrogen-bond acceptors (Lipinski definition) is 7. The molecule has 0 saturated carbocycles. The predicted octanol–water partition coefficient (Wildman–Crippen LogP) is 5.88. The predicted molar refractivity (Wildman–Crippen MR) is 136 cm³/mol. The maximum absolute atomic E-state index is 12.7. The number of carbonyl (C=O) groups is 2. The number of esters is 1. The van der Waals surface area contributed by atoms with Crippen molar-refractivity contribution < 1.29 is 33.8 Å². The lowest BCUT2D eigenvalue weighted by Crippen LogP contribution is -2.23. The van der Waals surface area contributed by atoms with Crippen LogP contribution < -0.4 is 10.1 Å². The fraction of sp³-hybridized carbons (Fsp3) is 0.167. The molecule has 0 aliphatic carbocycles. The maximum atomic E-state index is 12.7. The Bertz CT molecular complexity index is 1270. The third-order valence-corrected chi connectivity index (χ3v) is 6.75. The zero-order chi connectivity index (χ0) is 25.8. The van der Waals surface area contributed by atoms with Crippen molar-refractivity contribution in [2.75, 3.05) is 7.11 Å². The van der Waals surface area contributed by atoms with Gasteiger partial charge in [0.15, 0.2) is 19.6 Å². The van der Waals surface area contributed by atoms with Gasteiger partial charge < -0.3 is 25.0 Å². The highest BCUT2D eigenvalue weighted by atomic mass is 79.9. The standard InChI is InChI=1S/C24H20Br2NO7P/c1-24(31,35-32)15-9-18(25)21(19(26)10-15)34-16-6-7-20(28)17(11-16)22(29)27-12-13-4-3-5-14(8-13)23(30)33-2/h3-11,28,31H,12H2,1-2H3,(H,27,29). The third kappa shape index (κ3) is 6.46. The Morgan fingerprint density at radius 2 is 1.77 bits per heavy atom. The minimum Gasteiger partial charge on any atom is -0.507 e. The molecule has 1 atom stereocenters. The fourth-order valence-electron chi connectivity index (χ4n) is 3.07. The van der Waals surface area contributed by atoms with E-state index in [1.165, 1.54) is 32.2 Å². The van der Waals surface area contributed by atoms with Crippen LogP contribution >= 0.6 is 40.3 Å². The summed E-state index contributed by atoms with van der Waals surface area (Å²) in [5, 5.41) is 21.6. The molecule has 3 aromatic rings. The second-order valence-corrected chi connectivity index (χ2v) is 10.3. The molecule has 0 radical (unpaired) electrons. The van der Waals surface area contributed by atoms with Crippen LogP contribution in [0.3, 0.4) is 0 Å².